The maximum Gasteiger partial charge on any atom is 0.251 e. The van der Waals surface area contributed by atoms with Crippen molar-refractivity contribution in [2.75, 3.05) is 29.1 Å². The lowest BCUT2D eigenvalue weighted by molar-refractivity contribution is 0.0956. The van der Waals surface area contributed by atoms with E-state index in [1.165, 1.54) is 12.2 Å². The maximum absolute atomic E-state index is 11.7. The molecule has 1 unspecified atom stereocenters. The number of hydrogen-bond acceptors (Lipinski definition) is 4. The van der Waals surface area contributed by atoms with E-state index in [9.17, 15) is 4.79 Å². The molecular weight excluding hydrogens is 246 g/mol. The third-order valence-corrected chi connectivity index (χ3v) is 4.10. The number of rotatable bonds is 4. The summed E-state index contributed by atoms with van der Waals surface area (Å²) in [4.78, 5) is 11.7. The van der Waals surface area contributed by atoms with Gasteiger partial charge in [0.25, 0.3) is 5.91 Å². The van der Waals surface area contributed by atoms with Gasteiger partial charge in [0.05, 0.1) is 11.4 Å². The van der Waals surface area contributed by atoms with E-state index in [0.29, 0.717) is 23.8 Å². The van der Waals surface area contributed by atoms with Crippen LogP contribution in [-0.2, 0) is 0 Å². The summed E-state index contributed by atoms with van der Waals surface area (Å²) >= 11 is 1.95. The Bertz CT molecular complexity index is 430. The van der Waals surface area contributed by atoms with Crippen molar-refractivity contribution in [3.05, 3.63) is 23.8 Å². The molecule has 0 bridgehead atoms. The van der Waals surface area contributed by atoms with E-state index in [1.807, 2.05) is 30.8 Å². The van der Waals surface area contributed by atoms with Crippen LogP contribution in [-0.4, -0.2) is 30.0 Å². The number of thioether (sulfide) groups is 1. The lowest BCUT2D eigenvalue weighted by atomic mass is 10.1. The summed E-state index contributed by atoms with van der Waals surface area (Å²) in [7, 11) is 0. The van der Waals surface area contributed by atoms with Crippen LogP contribution in [0.1, 0.15) is 23.7 Å². The Kier molecular flexibility index (Phi) is 4.36. The quantitative estimate of drug-likeness (QED) is 0.728. The molecule has 1 aliphatic rings. The van der Waals surface area contributed by atoms with Crippen molar-refractivity contribution in [2.24, 2.45) is 0 Å². The van der Waals surface area contributed by atoms with Gasteiger partial charge in [0.2, 0.25) is 0 Å². The van der Waals surface area contributed by atoms with Gasteiger partial charge >= 0.3 is 0 Å². The van der Waals surface area contributed by atoms with Crippen molar-refractivity contribution >= 4 is 29.0 Å². The van der Waals surface area contributed by atoms with Crippen LogP contribution in [0.5, 0.6) is 0 Å². The molecular formula is C13H19N3OS. The summed E-state index contributed by atoms with van der Waals surface area (Å²) in [6.45, 7) is 2.52. The summed E-state index contributed by atoms with van der Waals surface area (Å²) in [6.07, 6.45) is 1.17. The van der Waals surface area contributed by atoms with Crippen molar-refractivity contribution in [3.8, 4) is 0 Å². The maximum atomic E-state index is 11.7. The standard InChI is InChI=1S/C13H19N3OS/c1-2-15-13(17)9-3-4-12(11(14)7-9)16-10-5-6-18-8-10/h3-4,7,10,16H,2,5-6,8,14H2,1H3,(H,15,17). The molecule has 1 aliphatic heterocycles. The van der Waals surface area contributed by atoms with Gasteiger partial charge in [0, 0.05) is 23.9 Å². The second-order valence-corrected chi connectivity index (χ2v) is 5.52. The SMILES string of the molecule is CCNC(=O)c1ccc(NC2CCSC2)c(N)c1. The molecule has 1 aromatic rings. The molecule has 98 valence electrons. The lowest BCUT2D eigenvalue weighted by Crippen LogP contribution is -2.23. The van der Waals surface area contributed by atoms with E-state index < -0.39 is 0 Å². The fourth-order valence-corrected chi connectivity index (χ4v) is 3.12. The lowest BCUT2D eigenvalue weighted by Gasteiger charge is -2.15. The van der Waals surface area contributed by atoms with Crippen molar-refractivity contribution in [3.63, 3.8) is 0 Å². The van der Waals surface area contributed by atoms with Crippen molar-refractivity contribution in [1.29, 1.82) is 0 Å². The Morgan fingerprint density at radius 3 is 3.00 bits per heavy atom. The van der Waals surface area contributed by atoms with Crippen LogP contribution in [0.25, 0.3) is 0 Å². The van der Waals surface area contributed by atoms with Crippen LogP contribution in [0, 0.1) is 0 Å². The number of nitrogens with two attached hydrogens (primary N) is 1. The molecule has 0 saturated carbocycles. The number of nitrogens with one attached hydrogen (secondary N) is 2. The fraction of sp³-hybridized carbons (Fsp3) is 0.462. The van der Waals surface area contributed by atoms with E-state index in [2.05, 4.69) is 10.6 Å². The van der Waals surface area contributed by atoms with E-state index in [-0.39, 0.29) is 5.91 Å². The highest BCUT2D eigenvalue weighted by atomic mass is 32.2. The molecule has 1 heterocycles. The number of amides is 1. The third-order valence-electron chi connectivity index (χ3n) is 2.94. The molecule has 0 aliphatic carbocycles. The van der Waals surface area contributed by atoms with Crippen molar-refractivity contribution in [2.45, 2.75) is 19.4 Å². The Hall–Kier alpha value is -1.36. The molecule has 0 radical (unpaired) electrons. The number of nitrogen functional groups attached to an aromatic ring is 1. The van der Waals surface area contributed by atoms with E-state index in [4.69, 9.17) is 5.73 Å². The van der Waals surface area contributed by atoms with Gasteiger partial charge in [-0.05, 0) is 37.3 Å². The minimum absolute atomic E-state index is 0.0767. The van der Waals surface area contributed by atoms with E-state index in [1.54, 1.807) is 6.07 Å². The molecule has 0 spiro atoms. The average Bonchev–Trinajstić information content (AvgIpc) is 2.85. The first-order chi connectivity index (χ1) is 8.70. The Balaban J connectivity index is 2.06. The van der Waals surface area contributed by atoms with Crippen molar-refractivity contribution in [1.82, 2.24) is 5.32 Å². The molecule has 2 rings (SSSR count). The summed E-state index contributed by atoms with van der Waals surface area (Å²) in [5, 5.41) is 6.19. The highest BCUT2D eigenvalue weighted by Crippen LogP contribution is 2.25. The molecule has 1 amide bonds. The van der Waals surface area contributed by atoms with Gasteiger partial charge in [0.15, 0.2) is 0 Å². The zero-order valence-electron chi connectivity index (χ0n) is 10.5. The zero-order valence-corrected chi connectivity index (χ0v) is 11.3. The van der Waals surface area contributed by atoms with Crippen LogP contribution in [0.3, 0.4) is 0 Å². The normalized spacial score (nSPS) is 18.6. The summed E-state index contributed by atoms with van der Waals surface area (Å²) in [5.74, 6) is 2.25. The number of hydrogen-bond donors (Lipinski definition) is 3. The van der Waals surface area contributed by atoms with E-state index in [0.717, 1.165) is 11.4 Å². The topological polar surface area (TPSA) is 67.2 Å². The second kappa shape index (κ2) is 6.00. The van der Waals surface area contributed by atoms with Gasteiger partial charge in [-0.25, -0.2) is 0 Å². The smallest absolute Gasteiger partial charge is 0.251 e. The first-order valence-electron chi connectivity index (χ1n) is 6.22. The van der Waals surface area contributed by atoms with Gasteiger partial charge < -0.3 is 16.4 Å². The highest BCUT2D eigenvalue weighted by Gasteiger charge is 2.16. The molecule has 4 N–H and O–H groups in total. The largest absolute Gasteiger partial charge is 0.397 e. The van der Waals surface area contributed by atoms with Gasteiger partial charge in [0.1, 0.15) is 0 Å². The molecule has 1 aromatic carbocycles. The zero-order chi connectivity index (χ0) is 13.0. The predicted molar refractivity (Wildman–Crippen MR) is 78.2 cm³/mol. The Morgan fingerprint density at radius 1 is 1.56 bits per heavy atom. The molecule has 1 atom stereocenters. The monoisotopic (exact) mass is 265 g/mol. The Labute approximate surface area is 112 Å². The van der Waals surface area contributed by atoms with Crippen LogP contribution in [0.2, 0.25) is 0 Å². The van der Waals surface area contributed by atoms with Gasteiger partial charge in [-0.2, -0.15) is 11.8 Å². The minimum Gasteiger partial charge on any atom is -0.397 e. The molecule has 5 heteroatoms. The van der Waals surface area contributed by atoms with Crippen LogP contribution >= 0.6 is 11.8 Å². The van der Waals surface area contributed by atoms with Crippen LogP contribution < -0.4 is 16.4 Å². The summed E-state index contributed by atoms with van der Waals surface area (Å²) in [5.41, 5.74) is 8.16. The first-order valence-corrected chi connectivity index (χ1v) is 7.38. The number of anilines is 2. The molecule has 18 heavy (non-hydrogen) atoms. The summed E-state index contributed by atoms with van der Waals surface area (Å²) in [6, 6.07) is 5.93. The number of benzene rings is 1. The minimum atomic E-state index is -0.0767. The number of carbonyl (C=O) groups excluding carboxylic acids is 1. The highest BCUT2D eigenvalue weighted by molar-refractivity contribution is 7.99. The molecule has 4 nitrogen and oxygen atoms in total. The summed E-state index contributed by atoms with van der Waals surface area (Å²) < 4.78 is 0. The molecule has 1 saturated heterocycles. The molecule has 0 aromatic heterocycles. The van der Waals surface area contributed by atoms with Crippen LogP contribution in [0.4, 0.5) is 11.4 Å². The van der Waals surface area contributed by atoms with E-state index >= 15 is 0 Å². The molecule has 1 fully saturated rings. The number of carbonyl (C=O) groups is 1. The second-order valence-electron chi connectivity index (χ2n) is 4.37. The van der Waals surface area contributed by atoms with Gasteiger partial charge in [-0.3, -0.25) is 4.79 Å². The predicted octanol–water partition coefficient (Wildman–Crippen LogP) is 1.94. The Morgan fingerprint density at radius 2 is 2.39 bits per heavy atom. The fourth-order valence-electron chi connectivity index (χ4n) is 1.97. The van der Waals surface area contributed by atoms with Gasteiger partial charge in [-0.1, -0.05) is 0 Å². The first kappa shape index (κ1) is 13.1. The van der Waals surface area contributed by atoms with Crippen molar-refractivity contribution < 1.29 is 4.79 Å². The average molecular weight is 265 g/mol. The van der Waals surface area contributed by atoms with Gasteiger partial charge in [-0.15, -0.1) is 0 Å². The third kappa shape index (κ3) is 3.10. The van der Waals surface area contributed by atoms with Crippen LogP contribution in [0.15, 0.2) is 18.2 Å².